The predicted molar refractivity (Wildman–Crippen MR) is 98.0 cm³/mol. The first-order chi connectivity index (χ1) is 11.3. The second kappa shape index (κ2) is 7.59. The van der Waals surface area contributed by atoms with Crippen molar-refractivity contribution >= 4 is 38.7 Å². The van der Waals surface area contributed by atoms with Gasteiger partial charge < -0.3 is 0 Å². The SMILES string of the molecule is C/C(=N/NC(=O)CN(c1cccc(C)c1)S(C)(=O)=O)c1cccs1. The third-order valence-electron chi connectivity index (χ3n) is 3.20. The summed E-state index contributed by atoms with van der Waals surface area (Å²) < 4.78 is 25.1. The largest absolute Gasteiger partial charge is 0.271 e. The third kappa shape index (κ3) is 4.90. The van der Waals surface area contributed by atoms with Gasteiger partial charge in [0.25, 0.3) is 5.91 Å². The Kier molecular flexibility index (Phi) is 5.74. The lowest BCUT2D eigenvalue weighted by Gasteiger charge is -2.21. The molecule has 1 aromatic carbocycles. The molecule has 2 aromatic rings. The standard InChI is InChI=1S/C16H19N3O3S2/c1-12-6-4-7-14(10-12)19(24(3,21)22)11-16(20)18-17-13(2)15-8-5-9-23-15/h4-10H,11H2,1-3H3,(H,18,20)/b17-13-. The van der Waals surface area contributed by atoms with Gasteiger partial charge in [-0.25, -0.2) is 13.8 Å². The number of anilines is 1. The lowest BCUT2D eigenvalue weighted by atomic mass is 10.2. The quantitative estimate of drug-likeness (QED) is 0.630. The van der Waals surface area contributed by atoms with Crippen LogP contribution >= 0.6 is 11.3 Å². The topological polar surface area (TPSA) is 78.8 Å². The average Bonchev–Trinajstić information content (AvgIpc) is 3.03. The Labute approximate surface area is 145 Å². The highest BCUT2D eigenvalue weighted by atomic mass is 32.2. The Morgan fingerprint density at radius 3 is 2.62 bits per heavy atom. The number of hydrazone groups is 1. The van der Waals surface area contributed by atoms with E-state index < -0.39 is 15.9 Å². The Bertz CT molecular complexity index is 843. The second-order valence-corrected chi connectivity index (χ2v) is 8.17. The maximum absolute atomic E-state index is 12.1. The number of hydrogen-bond acceptors (Lipinski definition) is 5. The molecule has 1 aromatic heterocycles. The lowest BCUT2D eigenvalue weighted by molar-refractivity contribution is -0.119. The maximum Gasteiger partial charge on any atom is 0.260 e. The van der Waals surface area contributed by atoms with Gasteiger partial charge in [-0.3, -0.25) is 9.10 Å². The zero-order chi connectivity index (χ0) is 17.7. The summed E-state index contributed by atoms with van der Waals surface area (Å²) in [5.74, 6) is -0.502. The molecule has 0 saturated carbocycles. The molecule has 0 aliphatic carbocycles. The van der Waals surface area contributed by atoms with Gasteiger partial charge in [0.05, 0.1) is 17.7 Å². The third-order valence-corrected chi connectivity index (χ3v) is 5.32. The smallest absolute Gasteiger partial charge is 0.260 e. The number of sulfonamides is 1. The summed E-state index contributed by atoms with van der Waals surface area (Å²) in [5.41, 5.74) is 4.43. The van der Waals surface area contributed by atoms with Crippen LogP contribution in [0.2, 0.25) is 0 Å². The van der Waals surface area contributed by atoms with Gasteiger partial charge in [0.2, 0.25) is 10.0 Å². The molecule has 128 valence electrons. The highest BCUT2D eigenvalue weighted by Gasteiger charge is 2.20. The molecule has 24 heavy (non-hydrogen) atoms. The van der Waals surface area contributed by atoms with Crippen molar-refractivity contribution in [1.82, 2.24) is 5.43 Å². The van der Waals surface area contributed by atoms with Crippen molar-refractivity contribution < 1.29 is 13.2 Å². The first-order valence-electron chi connectivity index (χ1n) is 7.19. The van der Waals surface area contributed by atoms with E-state index in [9.17, 15) is 13.2 Å². The van der Waals surface area contributed by atoms with E-state index in [1.807, 2.05) is 30.5 Å². The number of hydrogen-bond donors (Lipinski definition) is 1. The molecule has 1 heterocycles. The van der Waals surface area contributed by atoms with Crippen LogP contribution in [0.3, 0.4) is 0 Å². The van der Waals surface area contributed by atoms with Crippen LogP contribution in [0.4, 0.5) is 5.69 Å². The van der Waals surface area contributed by atoms with Crippen LogP contribution in [0.25, 0.3) is 0 Å². The van der Waals surface area contributed by atoms with Crippen LogP contribution in [0.15, 0.2) is 46.9 Å². The number of carbonyl (C=O) groups is 1. The molecular formula is C16H19N3O3S2. The van der Waals surface area contributed by atoms with E-state index in [-0.39, 0.29) is 6.54 Å². The van der Waals surface area contributed by atoms with Crippen molar-refractivity contribution in [3.05, 3.63) is 52.2 Å². The Morgan fingerprint density at radius 1 is 1.29 bits per heavy atom. The molecule has 0 aliphatic heterocycles. The molecule has 0 bridgehead atoms. The van der Waals surface area contributed by atoms with Crippen LogP contribution in [0.1, 0.15) is 17.4 Å². The minimum atomic E-state index is -3.59. The van der Waals surface area contributed by atoms with Gasteiger partial charge in [0.1, 0.15) is 6.54 Å². The summed E-state index contributed by atoms with van der Waals surface area (Å²) in [4.78, 5) is 13.1. The summed E-state index contributed by atoms with van der Waals surface area (Å²) in [6.07, 6.45) is 1.07. The van der Waals surface area contributed by atoms with Gasteiger partial charge in [-0.05, 0) is 43.0 Å². The Balaban J connectivity index is 2.13. The Hall–Kier alpha value is -2.19. The monoisotopic (exact) mass is 365 g/mol. The van der Waals surface area contributed by atoms with Crippen LogP contribution in [-0.4, -0.2) is 32.8 Å². The zero-order valence-corrected chi connectivity index (χ0v) is 15.3. The van der Waals surface area contributed by atoms with Gasteiger partial charge in [0, 0.05) is 4.88 Å². The molecule has 1 N–H and O–H groups in total. The Morgan fingerprint density at radius 2 is 2.04 bits per heavy atom. The first kappa shape index (κ1) is 18.2. The summed E-state index contributed by atoms with van der Waals surface area (Å²) >= 11 is 1.51. The molecule has 8 heteroatoms. The zero-order valence-electron chi connectivity index (χ0n) is 13.7. The minimum absolute atomic E-state index is 0.330. The van der Waals surface area contributed by atoms with Crippen LogP contribution in [0, 0.1) is 6.92 Å². The number of rotatable bonds is 6. The fourth-order valence-corrected chi connectivity index (χ4v) is 3.56. The number of thiophene rings is 1. The molecule has 0 radical (unpaired) electrons. The second-order valence-electron chi connectivity index (χ2n) is 5.32. The number of amides is 1. The molecule has 0 unspecified atom stereocenters. The maximum atomic E-state index is 12.1. The summed E-state index contributed by atoms with van der Waals surface area (Å²) in [7, 11) is -3.59. The molecule has 0 spiro atoms. The highest BCUT2D eigenvalue weighted by molar-refractivity contribution is 7.92. The first-order valence-corrected chi connectivity index (χ1v) is 9.91. The van der Waals surface area contributed by atoms with Crippen molar-refractivity contribution in [2.24, 2.45) is 5.10 Å². The van der Waals surface area contributed by atoms with Crippen LogP contribution in [-0.2, 0) is 14.8 Å². The van der Waals surface area contributed by atoms with Gasteiger partial charge >= 0.3 is 0 Å². The van der Waals surface area contributed by atoms with Crippen LogP contribution in [0.5, 0.6) is 0 Å². The van der Waals surface area contributed by atoms with Crippen molar-refractivity contribution in [2.75, 3.05) is 17.1 Å². The predicted octanol–water partition coefficient (Wildman–Crippen LogP) is 2.36. The molecule has 0 fully saturated rings. The van der Waals surface area contributed by atoms with E-state index in [2.05, 4.69) is 10.5 Å². The van der Waals surface area contributed by atoms with Crippen molar-refractivity contribution in [2.45, 2.75) is 13.8 Å². The van der Waals surface area contributed by atoms with E-state index in [0.29, 0.717) is 11.4 Å². The lowest BCUT2D eigenvalue weighted by Crippen LogP contribution is -2.39. The van der Waals surface area contributed by atoms with Gasteiger partial charge in [-0.1, -0.05) is 18.2 Å². The fourth-order valence-electron chi connectivity index (χ4n) is 2.03. The number of carbonyl (C=O) groups excluding carboxylic acids is 1. The molecule has 1 amide bonds. The van der Waals surface area contributed by atoms with E-state index in [0.717, 1.165) is 21.0 Å². The van der Waals surface area contributed by atoms with E-state index in [1.165, 1.54) is 11.3 Å². The molecule has 2 rings (SSSR count). The molecule has 0 atom stereocenters. The van der Waals surface area contributed by atoms with E-state index in [1.54, 1.807) is 25.1 Å². The molecule has 0 saturated heterocycles. The summed E-state index contributed by atoms with van der Waals surface area (Å²) in [5, 5.41) is 5.93. The van der Waals surface area contributed by atoms with E-state index >= 15 is 0 Å². The molecular weight excluding hydrogens is 346 g/mol. The molecule has 6 nitrogen and oxygen atoms in total. The molecule has 0 aliphatic rings. The average molecular weight is 365 g/mol. The summed E-state index contributed by atoms with van der Waals surface area (Å²) in [6.45, 7) is 3.31. The minimum Gasteiger partial charge on any atom is -0.271 e. The van der Waals surface area contributed by atoms with Crippen molar-refractivity contribution in [3.63, 3.8) is 0 Å². The van der Waals surface area contributed by atoms with E-state index in [4.69, 9.17) is 0 Å². The fraction of sp³-hybridized carbons (Fsp3) is 0.250. The highest BCUT2D eigenvalue weighted by Crippen LogP contribution is 2.18. The van der Waals surface area contributed by atoms with Crippen molar-refractivity contribution in [3.8, 4) is 0 Å². The number of aryl methyl sites for hydroxylation is 1. The van der Waals surface area contributed by atoms with Gasteiger partial charge in [0.15, 0.2) is 0 Å². The number of nitrogens with zero attached hydrogens (tertiary/aromatic N) is 2. The number of benzene rings is 1. The van der Waals surface area contributed by atoms with Crippen LogP contribution < -0.4 is 9.73 Å². The normalized spacial score (nSPS) is 12.0. The number of nitrogens with one attached hydrogen (secondary N) is 1. The van der Waals surface area contributed by atoms with Gasteiger partial charge in [-0.15, -0.1) is 11.3 Å². The van der Waals surface area contributed by atoms with Gasteiger partial charge in [-0.2, -0.15) is 5.10 Å². The van der Waals surface area contributed by atoms with Crippen molar-refractivity contribution in [1.29, 1.82) is 0 Å². The summed E-state index contributed by atoms with van der Waals surface area (Å²) in [6, 6.07) is 10.8.